The molecule has 0 radical (unpaired) electrons. The van der Waals surface area contributed by atoms with Gasteiger partial charge in [-0.2, -0.15) is 0 Å². The highest BCUT2D eigenvalue weighted by molar-refractivity contribution is 5.94. The van der Waals surface area contributed by atoms with Crippen molar-refractivity contribution in [2.75, 3.05) is 37.6 Å². The molecule has 0 atom stereocenters. The number of carbonyl (C=O) groups is 1. The van der Waals surface area contributed by atoms with Gasteiger partial charge in [-0.3, -0.25) is 4.79 Å². The van der Waals surface area contributed by atoms with Crippen molar-refractivity contribution in [2.45, 2.75) is 57.9 Å². The highest BCUT2D eigenvalue weighted by atomic mass is 35.5. The van der Waals surface area contributed by atoms with Gasteiger partial charge in [-0.15, -0.1) is 24.8 Å². The van der Waals surface area contributed by atoms with Crippen LogP contribution in [0.3, 0.4) is 0 Å². The smallest absolute Gasteiger partial charge is 0.255 e. The topological polar surface area (TPSA) is 48.5 Å². The molecule has 0 unspecified atom stereocenters. The molecule has 0 saturated carbocycles. The summed E-state index contributed by atoms with van der Waals surface area (Å²) in [5.74, 6) is 1.16. The molecule has 2 fully saturated rings. The molecule has 1 amide bonds. The molecule has 3 rings (SSSR count). The van der Waals surface area contributed by atoms with Crippen LogP contribution in [-0.4, -0.2) is 54.6 Å². The van der Waals surface area contributed by atoms with Crippen molar-refractivity contribution in [2.24, 2.45) is 0 Å². The Balaban J connectivity index is 0.00000182. The maximum atomic E-state index is 13.0. The van der Waals surface area contributed by atoms with Crippen LogP contribution in [0.4, 0.5) is 5.82 Å². The molecule has 2 saturated heterocycles. The molecule has 1 N–H and O–H groups in total. The van der Waals surface area contributed by atoms with Gasteiger partial charge < -0.3 is 15.1 Å². The average molecular weight is 417 g/mol. The van der Waals surface area contributed by atoms with Gasteiger partial charge >= 0.3 is 0 Å². The van der Waals surface area contributed by atoms with Crippen LogP contribution >= 0.6 is 24.8 Å². The summed E-state index contributed by atoms with van der Waals surface area (Å²) >= 11 is 0. The van der Waals surface area contributed by atoms with Gasteiger partial charge in [0.25, 0.3) is 5.91 Å². The van der Waals surface area contributed by atoms with Crippen LogP contribution in [0, 0.1) is 0 Å². The predicted molar refractivity (Wildman–Crippen MR) is 117 cm³/mol. The molecule has 2 aliphatic heterocycles. The number of halogens is 2. The van der Waals surface area contributed by atoms with Crippen molar-refractivity contribution in [3.05, 3.63) is 23.9 Å². The number of piperidine rings is 1. The summed E-state index contributed by atoms with van der Waals surface area (Å²) in [6.07, 6.45) is 9.98. The van der Waals surface area contributed by atoms with Crippen LogP contribution in [0.15, 0.2) is 18.3 Å². The van der Waals surface area contributed by atoms with Crippen LogP contribution in [-0.2, 0) is 0 Å². The van der Waals surface area contributed by atoms with Crippen LogP contribution < -0.4 is 10.2 Å². The third-order valence-electron chi connectivity index (χ3n) is 5.40. The van der Waals surface area contributed by atoms with Gasteiger partial charge in [-0.1, -0.05) is 19.8 Å². The minimum atomic E-state index is 0. The summed E-state index contributed by atoms with van der Waals surface area (Å²) in [7, 11) is 0. The van der Waals surface area contributed by atoms with Crippen molar-refractivity contribution in [1.82, 2.24) is 15.2 Å². The lowest BCUT2D eigenvalue weighted by Crippen LogP contribution is -2.46. The van der Waals surface area contributed by atoms with E-state index in [0.29, 0.717) is 6.04 Å². The minimum Gasteiger partial charge on any atom is -0.357 e. The summed E-state index contributed by atoms with van der Waals surface area (Å²) in [5, 5.41) is 3.38. The number of rotatable bonds is 5. The van der Waals surface area contributed by atoms with Crippen LogP contribution in [0.25, 0.3) is 0 Å². The second-order valence-electron chi connectivity index (χ2n) is 7.29. The number of aromatic nitrogens is 1. The fourth-order valence-corrected chi connectivity index (χ4v) is 3.97. The molecule has 0 bridgehead atoms. The molecular formula is C20H34Cl2N4O. The van der Waals surface area contributed by atoms with Gasteiger partial charge in [0.15, 0.2) is 0 Å². The van der Waals surface area contributed by atoms with E-state index in [1.807, 2.05) is 12.1 Å². The Kier molecular flexibility index (Phi) is 11.0. The quantitative estimate of drug-likeness (QED) is 0.789. The van der Waals surface area contributed by atoms with Gasteiger partial charge in [-0.05, 0) is 57.3 Å². The number of hydrogen-bond donors (Lipinski definition) is 1. The monoisotopic (exact) mass is 416 g/mol. The van der Waals surface area contributed by atoms with Crippen molar-refractivity contribution in [3.8, 4) is 0 Å². The Morgan fingerprint density at radius 1 is 1.15 bits per heavy atom. The van der Waals surface area contributed by atoms with Crippen molar-refractivity contribution in [3.63, 3.8) is 0 Å². The van der Waals surface area contributed by atoms with E-state index in [1.54, 1.807) is 6.20 Å². The second-order valence-corrected chi connectivity index (χ2v) is 7.29. The molecule has 1 aromatic rings. The van der Waals surface area contributed by atoms with E-state index in [-0.39, 0.29) is 30.7 Å². The van der Waals surface area contributed by atoms with Crippen LogP contribution in [0.2, 0.25) is 0 Å². The Bertz CT molecular complexity index is 541. The Morgan fingerprint density at radius 3 is 2.37 bits per heavy atom. The minimum absolute atomic E-state index is 0. The van der Waals surface area contributed by atoms with Gasteiger partial charge in [0, 0.05) is 31.9 Å². The summed E-state index contributed by atoms with van der Waals surface area (Å²) in [4.78, 5) is 22.1. The molecule has 27 heavy (non-hydrogen) atoms. The van der Waals surface area contributed by atoms with Crippen molar-refractivity contribution in [1.29, 1.82) is 0 Å². The van der Waals surface area contributed by atoms with Crippen LogP contribution in [0.1, 0.15) is 62.2 Å². The summed E-state index contributed by atoms with van der Waals surface area (Å²) in [6.45, 7) is 7.14. The fourth-order valence-electron chi connectivity index (χ4n) is 3.97. The zero-order valence-corrected chi connectivity index (χ0v) is 18.0. The van der Waals surface area contributed by atoms with Gasteiger partial charge in [0.1, 0.15) is 5.82 Å². The molecule has 3 heterocycles. The number of pyridine rings is 1. The molecule has 7 heteroatoms. The first-order valence-corrected chi connectivity index (χ1v) is 10.0. The van der Waals surface area contributed by atoms with E-state index in [4.69, 9.17) is 0 Å². The van der Waals surface area contributed by atoms with Crippen molar-refractivity contribution < 1.29 is 4.79 Å². The molecule has 0 aliphatic carbocycles. The number of amides is 1. The van der Waals surface area contributed by atoms with E-state index < -0.39 is 0 Å². The van der Waals surface area contributed by atoms with E-state index in [9.17, 15) is 4.79 Å². The number of hydrogen-bond acceptors (Lipinski definition) is 4. The Morgan fingerprint density at radius 2 is 1.81 bits per heavy atom. The largest absolute Gasteiger partial charge is 0.357 e. The highest BCUT2D eigenvalue weighted by Crippen LogP contribution is 2.20. The first-order valence-electron chi connectivity index (χ1n) is 10.0. The summed E-state index contributed by atoms with van der Waals surface area (Å²) in [5.41, 5.74) is 0.727. The first-order chi connectivity index (χ1) is 12.3. The van der Waals surface area contributed by atoms with E-state index in [2.05, 4.69) is 27.0 Å². The van der Waals surface area contributed by atoms with E-state index >= 15 is 0 Å². The molecule has 154 valence electrons. The molecule has 2 aliphatic rings. The first kappa shape index (κ1) is 24.0. The Labute approximate surface area is 176 Å². The molecular weight excluding hydrogens is 383 g/mol. The summed E-state index contributed by atoms with van der Waals surface area (Å²) in [6, 6.07) is 4.36. The number of carbonyl (C=O) groups excluding carboxylic acids is 1. The molecule has 0 spiro atoms. The lowest BCUT2D eigenvalue weighted by molar-refractivity contribution is 0.0642. The fraction of sp³-hybridized carbons (Fsp3) is 0.700. The second kappa shape index (κ2) is 12.4. The average Bonchev–Trinajstić information content (AvgIpc) is 2.96. The normalized spacial score (nSPS) is 18.0. The van der Waals surface area contributed by atoms with Crippen LogP contribution in [0.5, 0.6) is 0 Å². The van der Waals surface area contributed by atoms with E-state index in [1.165, 1.54) is 25.7 Å². The Hall–Kier alpha value is -1.04. The maximum absolute atomic E-state index is 13.0. The number of anilines is 1. The molecule has 0 aromatic carbocycles. The van der Waals surface area contributed by atoms with Gasteiger partial charge in [0.05, 0.1) is 5.56 Å². The van der Waals surface area contributed by atoms with Crippen molar-refractivity contribution >= 4 is 36.5 Å². The zero-order valence-electron chi connectivity index (χ0n) is 16.4. The highest BCUT2D eigenvalue weighted by Gasteiger charge is 2.25. The lowest BCUT2D eigenvalue weighted by Gasteiger charge is -2.34. The van der Waals surface area contributed by atoms with Gasteiger partial charge in [-0.25, -0.2) is 4.98 Å². The number of nitrogens with zero attached hydrogens (tertiary/aromatic N) is 3. The lowest BCUT2D eigenvalue weighted by atomic mass is 10.0. The van der Waals surface area contributed by atoms with Gasteiger partial charge in [0.2, 0.25) is 0 Å². The SMILES string of the molecule is CCCN(C(=O)c1ccc(N2CCCCCC2)nc1)C1CCNCC1.Cl.Cl. The third-order valence-corrected chi connectivity index (χ3v) is 5.40. The maximum Gasteiger partial charge on any atom is 0.255 e. The molecule has 5 nitrogen and oxygen atoms in total. The van der Waals surface area contributed by atoms with E-state index in [0.717, 1.165) is 63.4 Å². The predicted octanol–water partition coefficient (Wildman–Crippen LogP) is 3.91. The zero-order chi connectivity index (χ0) is 17.5. The standard InChI is InChI=1S/C20H32N4O.2ClH/c1-2-13-24(18-9-11-21-12-10-18)20(25)17-7-8-19(22-16-17)23-14-5-3-4-6-15-23;;/h7-8,16,18,21H,2-6,9-15H2,1H3;2*1H. The number of nitrogens with one attached hydrogen (secondary N) is 1. The molecule has 1 aromatic heterocycles. The summed E-state index contributed by atoms with van der Waals surface area (Å²) < 4.78 is 0. The third kappa shape index (κ3) is 6.51.